The molecule has 3 nitrogen and oxygen atoms in total. The third-order valence-electron chi connectivity index (χ3n) is 2.11. The predicted octanol–water partition coefficient (Wildman–Crippen LogP) is 3.49. The zero-order valence-electron chi connectivity index (χ0n) is 8.61. The van der Waals surface area contributed by atoms with Gasteiger partial charge in [-0.15, -0.1) is 0 Å². The van der Waals surface area contributed by atoms with Crippen LogP contribution in [0.15, 0.2) is 36.5 Å². The molecule has 0 atom stereocenters. The first-order chi connectivity index (χ1) is 8.20. The Bertz CT molecular complexity index is 555. The van der Waals surface area contributed by atoms with Crippen molar-refractivity contribution in [3.8, 4) is 6.07 Å². The lowest BCUT2D eigenvalue weighted by Crippen LogP contribution is -1.95. The minimum absolute atomic E-state index is 0.195. The molecule has 0 amide bonds. The Morgan fingerprint density at radius 1 is 1.29 bits per heavy atom. The molecule has 1 aromatic heterocycles. The van der Waals surface area contributed by atoms with E-state index in [9.17, 15) is 4.39 Å². The van der Waals surface area contributed by atoms with Crippen molar-refractivity contribution in [3.63, 3.8) is 0 Å². The lowest BCUT2D eigenvalue weighted by molar-refractivity contribution is 0.632. The number of aromatic nitrogens is 1. The largest absolute Gasteiger partial charge is 0.351 e. The summed E-state index contributed by atoms with van der Waals surface area (Å²) in [5.41, 5.74) is 1.06. The van der Waals surface area contributed by atoms with E-state index < -0.39 is 5.82 Å². The molecule has 1 N–H and O–H groups in total. The predicted molar refractivity (Wildman–Crippen MR) is 63.6 cm³/mol. The molecule has 0 unspecified atom stereocenters. The number of hydrogen-bond acceptors (Lipinski definition) is 3. The molecule has 0 fully saturated rings. The molecule has 0 aliphatic carbocycles. The van der Waals surface area contributed by atoms with E-state index in [0.29, 0.717) is 11.4 Å². The van der Waals surface area contributed by atoms with E-state index in [-0.39, 0.29) is 10.7 Å². The number of benzene rings is 1. The Morgan fingerprint density at radius 3 is 2.71 bits per heavy atom. The molecule has 84 valence electrons. The summed E-state index contributed by atoms with van der Waals surface area (Å²) in [7, 11) is 0. The summed E-state index contributed by atoms with van der Waals surface area (Å²) in [5, 5.41) is 11.7. The fourth-order valence-electron chi connectivity index (χ4n) is 1.30. The van der Waals surface area contributed by atoms with Gasteiger partial charge in [0.2, 0.25) is 0 Å². The Labute approximate surface area is 102 Å². The van der Waals surface area contributed by atoms with Gasteiger partial charge in [-0.1, -0.05) is 17.7 Å². The van der Waals surface area contributed by atoms with Crippen LogP contribution in [0.3, 0.4) is 0 Å². The van der Waals surface area contributed by atoms with Crippen LogP contribution in [0.5, 0.6) is 0 Å². The van der Waals surface area contributed by atoms with Crippen LogP contribution >= 0.6 is 11.6 Å². The highest BCUT2D eigenvalue weighted by Gasteiger charge is 2.06. The van der Waals surface area contributed by atoms with Crippen molar-refractivity contribution in [2.45, 2.75) is 0 Å². The molecule has 5 heteroatoms. The molecule has 1 aromatic carbocycles. The molecule has 0 aliphatic rings. The summed E-state index contributed by atoms with van der Waals surface area (Å²) < 4.78 is 13.5. The second kappa shape index (κ2) is 4.81. The Morgan fingerprint density at radius 2 is 2.12 bits per heavy atom. The third-order valence-corrected chi connectivity index (χ3v) is 2.43. The molecule has 0 saturated heterocycles. The molecular weight excluding hydrogens is 241 g/mol. The van der Waals surface area contributed by atoms with E-state index in [0.717, 1.165) is 0 Å². The van der Waals surface area contributed by atoms with E-state index in [2.05, 4.69) is 10.3 Å². The molecule has 0 radical (unpaired) electrons. The van der Waals surface area contributed by atoms with Crippen molar-refractivity contribution in [2.75, 3.05) is 5.32 Å². The molecule has 0 aliphatic heterocycles. The highest BCUT2D eigenvalue weighted by Crippen LogP contribution is 2.27. The molecule has 1 heterocycles. The van der Waals surface area contributed by atoms with Gasteiger partial charge in [-0.2, -0.15) is 5.26 Å². The van der Waals surface area contributed by atoms with E-state index in [1.165, 1.54) is 24.4 Å². The fraction of sp³-hybridized carbons (Fsp3) is 0. The zero-order chi connectivity index (χ0) is 12.3. The van der Waals surface area contributed by atoms with Crippen LogP contribution in [0.4, 0.5) is 15.8 Å². The van der Waals surface area contributed by atoms with E-state index in [1.54, 1.807) is 12.1 Å². The van der Waals surface area contributed by atoms with E-state index >= 15 is 0 Å². The maximum Gasteiger partial charge on any atom is 0.148 e. The molecule has 2 rings (SSSR count). The van der Waals surface area contributed by atoms with E-state index in [4.69, 9.17) is 16.9 Å². The molecule has 17 heavy (non-hydrogen) atoms. The van der Waals surface area contributed by atoms with Crippen molar-refractivity contribution in [3.05, 3.63) is 53.1 Å². The monoisotopic (exact) mass is 247 g/mol. The van der Waals surface area contributed by atoms with Gasteiger partial charge in [0.05, 0.1) is 22.6 Å². The molecule has 0 spiro atoms. The first-order valence-corrected chi connectivity index (χ1v) is 5.15. The maximum absolute atomic E-state index is 13.5. The van der Waals surface area contributed by atoms with Crippen molar-refractivity contribution in [2.24, 2.45) is 0 Å². The van der Waals surface area contributed by atoms with Gasteiger partial charge < -0.3 is 5.32 Å². The average Bonchev–Trinajstić information content (AvgIpc) is 2.35. The van der Waals surface area contributed by atoms with E-state index in [1.807, 2.05) is 6.07 Å². The second-order valence-electron chi connectivity index (χ2n) is 3.27. The first kappa shape index (κ1) is 11.4. The number of pyridine rings is 1. The quantitative estimate of drug-likeness (QED) is 0.884. The Kier molecular flexibility index (Phi) is 3.22. The summed E-state index contributed by atoms with van der Waals surface area (Å²) in [6, 6.07) is 9.50. The second-order valence-corrected chi connectivity index (χ2v) is 3.67. The summed E-state index contributed by atoms with van der Waals surface area (Å²) in [5.74, 6) is -0.443. The molecule has 2 aromatic rings. The minimum atomic E-state index is -0.443. The van der Waals surface area contributed by atoms with Gasteiger partial charge >= 0.3 is 0 Å². The van der Waals surface area contributed by atoms with Gasteiger partial charge in [0.1, 0.15) is 17.6 Å². The maximum atomic E-state index is 13.5. The van der Waals surface area contributed by atoms with Gasteiger partial charge in [0.15, 0.2) is 0 Å². The van der Waals surface area contributed by atoms with Gasteiger partial charge in [-0.25, -0.2) is 9.37 Å². The number of rotatable bonds is 2. The van der Waals surface area contributed by atoms with Crippen LogP contribution in [0, 0.1) is 17.1 Å². The normalized spacial score (nSPS) is 9.71. The van der Waals surface area contributed by atoms with Crippen molar-refractivity contribution in [1.82, 2.24) is 4.98 Å². The summed E-state index contributed by atoms with van der Waals surface area (Å²) in [4.78, 5) is 3.86. The topological polar surface area (TPSA) is 48.7 Å². The van der Waals surface area contributed by atoms with Crippen LogP contribution in [0.25, 0.3) is 0 Å². The molecule has 0 bridgehead atoms. The minimum Gasteiger partial charge on any atom is -0.351 e. The summed E-state index contributed by atoms with van der Waals surface area (Å²) >= 11 is 5.86. The average molecular weight is 248 g/mol. The van der Waals surface area contributed by atoms with Gasteiger partial charge in [0, 0.05) is 0 Å². The fourth-order valence-corrected chi connectivity index (χ4v) is 1.51. The molecular formula is C12H7ClFN3. The standard InChI is InChI=1S/C12H7ClFN3/c13-10-2-1-3-11(14)12(10)17-9-5-4-8(6-15)16-7-9/h1-5,7,17H. The van der Waals surface area contributed by atoms with Gasteiger partial charge in [-0.3, -0.25) is 0 Å². The van der Waals surface area contributed by atoms with Crippen molar-refractivity contribution < 1.29 is 4.39 Å². The van der Waals surface area contributed by atoms with Crippen LogP contribution in [-0.2, 0) is 0 Å². The Balaban J connectivity index is 2.29. The summed E-state index contributed by atoms with van der Waals surface area (Å²) in [6.07, 6.45) is 1.45. The SMILES string of the molecule is N#Cc1ccc(Nc2c(F)cccc2Cl)cn1. The number of para-hydroxylation sites is 1. The van der Waals surface area contributed by atoms with Crippen LogP contribution < -0.4 is 5.32 Å². The van der Waals surface area contributed by atoms with Crippen LogP contribution in [-0.4, -0.2) is 4.98 Å². The lowest BCUT2D eigenvalue weighted by atomic mass is 10.3. The number of hydrogen-bond donors (Lipinski definition) is 1. The van der Waals surface area contributed by atoms with Crippen LogP contribution in [0.2, 0.25) is 5.02 Å². The van der Waals surface area contributed by atoms with Gasteiger partial charge in [-0.05, 0) is 24.3 Å². The molecule has 0 saturated carbocycles. The summed E-state index contributed by atoms with van der Waals surface area (Å²) in [6.45, 7) is 0. The third kappa shape index (κ3) is 2.52. The lowest BCUT2D eigenvalue weighted by Gasteiger charge is -2.08. The number of nitriles is 1. The first-order valence-electron chi connectivity index (χ1n) is 4.78. The highest BCUT2D eigenvalue weighted by molar-refractivity contribution is 6.33. The zero-order valence-corrected chi connectivity index (χ0v) is 9.37. The number of nitrogens with one attached hydrogen (secondary N) is 1. The van der Waals surface area contributed by atoms with Crippen LogP contribution in [0.1, 0.15) is 5.69 Å². The number of anilines is 2. The highest BCUT2D eigenvalue weighted by atomic mass is 35.5. The number of nitrogens with zero attached hydrogens (tertiary/aromatic N) is 2. The Hall–Kier alpha value is -2.12. The van der Waals surface area contributed by atoms with Crippen molar-refractivity contribution in [1.29, 1.82) is 5.26 Å². The number of halogens is 2. The van der Waals surface area contributed by atoms with Crippen molar-refractivity contribution >= 4 is 23.0 Å². The van der Waals surface area contributed by atoms with Gasteiger partial charge in [0.25, 0.3) is 0 Å². The smallest absolute Gasteiger partial charge is 0.148 e.